The van der Waals surface area contributed by atoms with E-state index in [9.17, 15) is 17.6 Å². The van der Waals surface area contributed by atoms with Crippen molar-refractivity contribution in [3.8, 4) is 0 Å². The largest absolute Gasteiger partial charge is 0.299 e. The monoisotopic (exact) mass is 494 g/mol. The van der Waals surface area contributed by atoms with Crippen molar-refractivity contribution in [3.63, 3.8) is 0 Å². The van der Waals surface area contributed by atoms with Gasteiger partial charge in [-0.05, 0) is 37.1 Å². The van der Waals surface area contributed by atoms with Crippen molar-refractivity contribution in [1.29, 1.82) is 0 Å². The number of nitrogens with zero attached hydrogens (tertiary/aromatic N) is 3. The van der Waals surface area contributed by atoms with Crippen LogP contribution in [0, 0.1) is 18.7 Å². The fourth-order valence-corrected chi connectivity index (χ4v) is 5.81. The molecule has 0 aliphatic rings. The summed E-state index contributed by atoms with van der Waals surface area (Å²) in [7, 11) is -4.20. The Balaban J connectivity index is 1.84. The first kappa shape index (κ1) is 24.1. The highest BCUT2D eigenvalue weighted by atomic mass is 32.2. The van der Waals surface area contributed by atoms with Crippen molar-refractivity contribution in [3.05, 3.63) is 59.9 Å². The van der Waals surface area contributed by atoms with Crippen LogP contribution in [0.1, 0.15) is 19.4 Å². The molecule has 0 saturated carbocycles. The van der Waals surface area contributed by atoms with Gasteiger partial charge in [0.25, 0.3) is 10.0 Å². The minimum Gasteiger partial charge on any atom is -0.299 e. The summed E-state index contributed by atoms with van der Waals surface area (Å²) in [5.74, 6) is -0.0682. The van der Waals surface area contributed by atoms with Crippen molar-refractivity contribution in [2.24, 2.45) is 5.92 Å². The Hall–Kier alpha value is -2.50. The number of carbonyl (C=O) groups excluding carboxylic acids is 1. The molecule has 0 fully saturated rings. The van der Waals surface area contributed by atoms with Gasteiger partial charge in [-0.3, -0.25) is 14.4 Å². The smallest absolute Gasteiger partial charge is 0.264 e. The molecule has 0 unspecified atom stereocenters. The first-order valence-corrected chi connectivity index (χ1v) is 13.0. The van der Waals surface area contributed by atoms with Gasteiger partial charge >= 0.3 is 0 Å². The molecule has 2 aromatic carbocycles. The highest BCUT2D eigenvalue weighted by Gasteiger charge is 2.29. The van der Waals surface area contributed by atoms with Crippen LogP contribution < -0.4 is 9.62 Å². The van der Waals surface area contributed by atoms with Crippen molar-refractivity contribution < 1.29 is 17.6 Å². The zero-order valence-electron chi connectivity index (χ0n) is 17.8. The van der Waals surface area contributed by atoms with E-state index in [0.717, 1.165) is 21.7 Å². The molecular formula is C21H23FN4O3S3. The summed E-state index contributed by atoms with van der Waals surface area (Å²) in [5, 5.41) is 10.8. The number of carbonyl (C=O) groups is 1. The predicted octanol–water partition coefficient (Wildman–Crippen LogP) is 4.57. The molecule has 0 bridgehead atoms. The Kier molecular flexibility index (Phi) is 7.86. The van der Waals surface area contributed by atoms with Crippen LogP contribution in [-0.4, -0.2) is 36.8 Å². The molecule has 32 heavy (non-hydrogen) atoms. The Labute approximate surface area is 195 Å². The minimum absolute atomic E-state index is 0.0394. The van der Waals surface area contributed by atoms with Crippen LogP contribution in [-0.2, 0) is 14.8 Å². The molecule has 1 N–H and O–H groups in total. The highest BCUT2D eigenvalue weighted by molar-refractivity contribution is 8.01. The molecule has 0 saturated heterocycles. The van der Waals surface area contributed by atoms with E-state index in [1.165, 1.54) is 53.4 Å². The van der Waals surface area contributed by atoms with Crippen LogP contribution >= 0.6 is 23.1 Å². The molecule has 0 spiro atoms. The van der Waals surface area contributed by atoms with E-state index in [1.54, 1.807) is 12.1 Å². The second-order valence-electron chi connectivity index (χ2n) is 7.40. The maximum atomic E-state index is 14.5. The number of para-hydroxylation sites is 1. The predicted molar refractivity (Wildman–Crippen MR) is 126 cm³/mol. The van der Waals surface area contributed by atoms with Crippen molar-refractivity contribution in [1.82, 2.24) is 10.2 Å². The summed E-state index contributed by atoms with van der Waals surface area (Å²) in [6, 6.07) is 11.6. The molecule has 11 heteroatoms. The third-order valence-electron chi connectivity index (χ3n) is 4.21. The molecule has 170 valence electrons. The molecule has 1 aromatic heterocycles. The third-order valence-corrected chi connectivity index (χ3v) is 8.38. The fraction of sp³-hybridized carbons (Fsp3) is 0.286. The first-order chi connectivity index (χ1) is 15.2. The average Bonchev–Trinajstić information content (AvgIpc) is 3.18. The van der Waals surface area contributed by atoms with Gasteiger partial charge in [0.15, 0.2) is 4.34 Å². The number of benzene rings is 2. The Morgan fingerprint density at radius 1 is 1.16 bits per heavy atom. The second kappa shape index (κ2) is 10.4. The van der Waals surface area contributed by atoms with Crippen molar-refractivity contribution in [2.75, 3.05) is 21.9 Å². The van der Waals surface area contributed by atoms with E-state index in [4.69, 9.17) is 0 Å². The minimum atomic E-state index is -4.20. The Morgan fingerprint density at radius 2 is 1.84 bits per heavy atom. The van der Waals surface area contributed by atoms with Gasteiger partial charge in [-0.2, -0.15) is 0 Å². The summed E-state index contributed by atoms with van der Waals surface area (Å²) < 4.78 is 42.6. The van der Waals surface area contributed by atoms with E-state index in [1.807, 2.05) is 6.92 Å². The Morgan fingerprint density at radius 3 is 2.50 bits per heavy atom. The fourth-order valence-electron chi connectivity index (χ4n) is 2.64. The summed E-state index contributed by atoms with van der Waals surface area (Å²) in [6.45, 7) is 5.38. The quantitative estimate of drug-likeness (QED) is 0.346. The number of nitrogens with one attached hydrogen (secondary N) is 1. The number of sulfonamides is 1. The molecule has 0 aliphatic carbocycles. The standard InChI is InChI=1S/C21H23FN4O3S3/c1-14(2)13-30-21-25-24-20(31-21)23-19(27)12-26(18-7-5-4-6-17(18)22)32(28,29)16-10-8-15(3)9-11-16/h4-11,14H,12-13H2,1-3H3,(H,23,24,27). The molecule has 3 rings (SSSR count). The summed E-state index contributed by atoms with van der Waals surface area (Å²) in [6.07, 6.45) is 0. The van der Waals surface area contributed by atoms with Crippen molar-refractivity contribution >= 4 is 49.8 Å². The number of thioether (sulfide) groups is 1. The van der Waals surface area contributed by atoms with Crippen LogP contribution in [0.3, 0.4) is 0 Å². The lowest BCUT2D eigenvalue weighted by Crippen LogP contribution is -2.38. The van der Waals surface area contributed by atoms with Gasteiger partial charge in [0.2, 0.25) is 11.0 Å². The lowest BCUT2D eigenvalue weighted by Gasteiger charge is -2.24. The van der Waals surface area contributed by atoms with Gasteiger partial charge in [0.1, 0.15) is 12.4 Å². The van der Waals surface area contributed by atoms with Gasteiger partial charge in [0.05, 0.1) is 10.6 Å². The number of hydrogen-bond donors (Lipinski definition) is 1. The van der Waals surface area contributed by atoms with Crippen LogP contribution in [0.15, 0.2) is 57.8 Å². The lowest BCUT2D eigenvalue weighted by atomic mass is 10.2. The van der Waals surface area contributed by atoms with Crippen LogP contribution in [0.2, 0.25) is 0 Å². The number of aryl methyl sites for hydroxylation is 1. The average molecular weight is 495 g/mol. The summed E-state index contributed by atoms with van der Waals surface area (Å²) in [4.78, 5) is 12.7. The van der Waals surface area contributed by atoms with Gasteiger partial charge in [0, 0.05) is 5.75 Å². The van der Waals surface area contributed by atoms with Crippen LogP contribution in [0.5, 0.6) is 0 Å². The molecule has 7 nitrogen and oxygen atoms in total. The van der Waals surface area contributed by atoms with Gasteiger partial charge < -0.3 is 0 Å². The summed E-state index contributed by atoms with van der Waals surface area (Å²) in [5.41, 5.74) is 0.662. The number of amides is 1. The molecule has 1 amide bonds. The normalized spacial score (nSPS) is 11.5. The molecule has 0 atom stereocenters. The Bertz CT molecular complexity index is 1180. The number of hydrogen-bond acceptors (Lipinski definition) is 7. The van der Waals surface area contributed by atoms with Gasteiger partial charge in [-0.15, -0.1) is 10.2 Å². The lowest BCUT2D eigenvalue weighted by molar-refractivity contribution is -0.114. The second-order valence-corrected chi connectivity index (χ2v) is 11.5. The van der Waals surface area contributed by atoms with E-state index in [0.29, 0.717) is 10.3 Å². The number of aromatic nitrogens is 2. The SMILES string of the molecule is Cc1ccc(S(=O)(=O)N(CC(=O)Nc2nnc(SCC(C)C)s2)c2ccccc2F)cc1. The third kappa shape index (κ3) is 6.05. The zero-order chi connectivity index (χ0) is 23.3. The molecule has 3 aromatic rings. The van der Waals surface area contributed by atoms with Gasteiger partial charge in [-0.25, -0.2) is 12.8 Å². The molecule has 0 aliphatic heterocycles. The van der Waals surface area contributed by atoms with Crippen LogP contribution in [0.25, 0.3) is 0 Å². The zero-order valence-corrected chi connectivity index (χ0v) is 20.2. The topological polar surface area (TPSA) is 92.3 Å². The van der Waals surface area contributed by atoms with Crippen LogP contribution in [0.4, 0.5) is 15.2 Å². The van der Waals surface area contributed by atoms with E-state index >= 15 is 0 Å². The number of rotatable bonds is 9. The molecule has 0 radical (unpaired) electrons. The highest BCUT2D eigenvalue weighted by Crippen LogP contribution is 2.28. The number of anilines is 2. The van der Waals surface area contributed by atoms with E-state index in [2.05, 4.69) is 29.4 Å². The number of halogens is 1. The van der Waals surface area contributed by atoms with E-state index < -0.39 is 28.3 Å². The summed E-state index contributed by atoms with van der Waals surface area (Å²) >= 11 is 2.73. The maximum absolute atomic E-state index is 14.5. The first-order valence-electron chi connectivity index (χ1n) is 9.77. The van der Waals surface area contributed by atoms with Crippen molar-refractivity contribution in [2.45, 2.75) is 30.0 Å². The van der Waals surface area contributed by atoms with Gasteiger partial charge in [-0.1, -0.05) is 66.8 Å². The van der Waals surface area contributed by atoms with E-state index in [-0.39, 0.29) is 15.7 Å². The molecular weight excluding hydrogens is 471 g/mol. The molecule has 1 heterocycles. The maximum Gasteiger partial charge on any atom is 0.264 e.